The van der Waals surface area contributed by atoms with Gasteiger partial charge in [0, 0.05) is 6.61 Å². The molecule has 104 valence electrons. The standard InChI is InChI=1S/C16H19N3O/c17-7-10-19-8-5-16(6-9-19)13-20-12-15-3-1-14(11-18)2-4-15/h1-4,16H,5-6,8-10,12-13H2. The molecule has 0 unspecified atom stereocenters. The molecule has 0 bridgehead atoms. The van der Waals surface area contributed by atoms with Crippen molar-refractivity contribution in [3.63, 3.8) is 0 Å². The normalized spacial score (nSPS) is 16.5. The first-order chi connectivity index (χ1) is 9.81. The minimum Gasteiger partial charge on any atom is -0.376 e. The van der Waals surface area contributed by atoms with Gasteiger partial charge >= 0.3 is 0 Å². The zero-order chi connectivity index (χ0) is 14.2. The Hall–Kier alpha value is -1.88. The fourth-order valence-corrected chi connectivity index (χ4v) is 2.43. The topological polar surface area (TPSA) is 60.1 Å². The van der Waals surface area contributed by atoms with E-state index < -0.39 is 0 Å². The van der Waals surface area contributed by atoms with Crippen molar-refractivity contribution in [3.8, 4) is 12.1 Å². The van der Waals surface area contributed by atoms with Gasteiger partial charge in [0.05, 0.1) is 30.9 Å². The molecule has 0 aliphatic carbocycles. The number of likely N-dealkylation sites (tertiary alicyclic amines) is 1. The third-order valence-corrected chi connectivity index (χ3v) is 3.71. The molecule has 1 aromatic carbocycles. The summed E-state index contributed by atoms with van der Waals surface area (Å²) < 4.78 is 5.76. The maximum atomic E-state index is 8.73. The Balaban J connectivity index is 1.66. The molecule has 0 aromatic heterocycles. The van der Waals surface area contributed by atoms with Gasteiger partial charge in [0.25, 0.3) is 0 Å². The second kappa shape index (κ2) is 7.65. The molecule has 0 N–H and O–H groups in total. The first-order valence-electron chi connectivity index (χ1n) is 6.98. The summed E-state index contributed by atoms with van der Waals surface area (Å²) in [6.45, 7) is 3.92. The van der Waals surface area contributed by atoms with Crippen LogP contribution in [0.4, 0.5) is 0 Å². The molecule has 2 rings (SSSR count). The number of hydrogen-bond donors (Lipinski definition) is 0. The maximum Gasteiger partial charge on any atom is 0.0991 e. The summed E-state index contributed by atoms with van der Waals surface area (Å²) in [5.74, 6) is 0.600. The summed E-state index contributed by atoms with van der Waals surface area (Å²) in [5.41, 5.74) is 1.78. The molecule has 1 aliphatic rings. The van der Waals surface area contributed by atoms with Crippen molar-refractivity contribution in [1.82, 2.24) is 4.90 Å². The molecule has 4 heteroatoms. The highest BCUT2D eigenvalue weighted by molar-refractivity contribution is 5.31. The number of nitriles is 2. The van der Waals surface area contributed by atoms with Crippen LogP contribution in [-0.2, 0) is 11.3 Å². The summed E-state index contributed by atoms with van der Waals surface area (Å²) in [6, 6.07) is 11.8. The Morgan fingerprint density at radius 1 is 1.15 bits per heavy atom. The molecule has 0 saturated carbocycles. The smallest absolute Gasteiger partial charge is 0.0991 e. The molecule has 0 spiro atoms. The average molecular weight is 269 g/mol. The van der Waals surface area contributed by atoms with Crippen LogP contribution in [0.15, 0.2) is 24.3 Å². The van der Waals surface area contributed by atoms with Gasteiger partial charge in [-0.1, -0.05) is 12.1 Å². The summed E-state index contributed by atoms with van der Waals surface area (Å²) in [5, 5.41) is 17.4. The number of ether oxygens (including phenoxy) is 1. The Labute approximate surface area is 120 Å². The molecule has 0 radical (unpaired) electrons. The Bertz CT molecular complexity index is 490. The zero-order valence-electron chi connectivity index (χ0n) is 11.6. The van der Waals surface area contributed by atoms with Crippen molar-refractivity contribution >= 4 is 0 Å². The van der Waals surface area contributed by atoms with Crippen LogP contribution in [0.5, 0.6) is 0 Å². The Morgan fingerprint density at radius 3 is 2.45 bits per heavy atom. The third-order valence-electron chi connectivity index (χ3n) is 3.71. The van der Waals surface area contributed by atoms with E-state index in [1.807, 2.05) is 24.3 Å². The highest BCUT2D eigenvalue weighted by Gasteiger charge is 2.18. The van der Waals surface area contributed by atoms with Gasteiger partial charge in [-0.25, -0.2) is 0 Å². The summed E-state index contributed by atoms with van der Waals surface area (Å²) in [4.78, 5) is 2.19. The van der Waals surface area contributed by atoms with Gasteiger partial charge < -0.3 is 4.74 Å². The van der Waals surface area contributed by atoms with Gasteiger partial charge in [-0.2, -0.15) is 10.5 Å². The largest absolute Gasteiger partial charge is 0.376 e. The first kappa shape index (κ1) is 14.5. The van der Waals surface area contributed by atoms with Crippen LogP contribution in [0, 0.1) is 28.6 Å². The van der Waals surface area contributed by atoms with Gasteiger partial charge in [0.2, 0.25) is 0 Å². The molecule has 4 nitrogen and oxygen atoms in total. The molecular weight excluding hydrogens is 250 g/mol. The van der Waals surface area contributed by atoms with Crippen LogP contribution in [-0.4, -0.2) is 31.1 Å². The number of rotatable bonds is 5. The van der Waals surface area contributed by atoms with E-state index in [1.165, 1.54) is 0 Å². The van der Waals surface area contributed by atoms with E-state index in [0.29, 0.717) is 24.6 Å². The maximum absolute atomic E-state index is 8.73. The zero-order valence-corrected chi connectivity index (χ0v) is 11.6. The van der Waals surface area contributed by atoms with E-state index in [2.05, 4.69) is 17.0 Å². The predicted octanol–water partition coefficient (Wildman–Crippen LogP) is 2.31. The van der Waals surface area contributed by atoms with Crippen LogP contribution in [0.2, 0.25) is 0 Å². The predicted molar refractivity (Wildman–Crippen MR) is 75.6 cm³/mol. The van der Waals surface area contributed by atoms with Crippen molar-refractivity contribution in [1.29, 1.82) is 10.5 Å². The van der Waals surface area contributed by atoms with Crippen molar-refractivity contribution in [2.75, 3.05) is 26.2 Å². The van der Waals surface area contributed by atoms with E-state index in [1.54, 1.807) is 0 Å². The number of hydrogen-bond acceptors (Lipinski definition) is 4. The van der Waals surface area contributed by atoms with Gasteiger partial charge in [0.1, 0.15) is 0 Å². The lowest BCUT2D eigenvalue weighted by molar-refractivity contribution is 0.0601. The summed E-state index contributed by atoms with van der Waals surface area (Å²) in [6.07, 6.45) is 2.21. The molecule has 0 atom stereocenters. The Kier molecular flexibility index (Phi) is 5.55. The highest BCUT2D eigenvalue weighted by atomic mass is 16.5. The van der Waals surface area contributed by atoms with Crippen molar-refractivity contribution in [2.45, 2.75) is 19.4 Å². The fourth-order valence-electron chi connectivity index (χ4n) is 2.43. The van der Waals surface area contributed by atoms with E-state index in [0.717, 1.165) is 38.1 Å². The SMILES string of the molecule is N#CCN1CCC(COCc2ccc(C#N)cc2)CC1. The quantitative estimate of drug-likeness (QED) is 0.770. The number of nitrogens with zero attached hydrogens (tertiary/aromatic N) is 3. The second-order valence-electron chi connectivity index (χ2n) is 5.20. The number of benzene rings is 1. The number of piperidine rings is 1. The molecule has 0 amide bonds. The Morgan fingerprint density at radius 2 is 1.85 bits per heavy atom. The van der Waals surface area contributed by atoms with Gasteiger partial charge in [-0.15, -0.1) is 0 Å². The fraction of sp³-hybridized carbons (Fsp3) is 0.500. The summed E-state index contributed by atoms with van der Waals surface area (Å²) in [7, 11) is 0. The van der Waals surface area contributed by atoms with Crippen LogP contribution in [0.3, 0.4) is 0 Å². The van der Waals surface area contributed by atoms with Crippen LogP contribution >= 0.6 is 0 Å². The van der Waals surface area contributed by atoms with Gasteiger partial charge in [-0.05, 0) is 49.5 Å². The van der Waals surface area contributed by atoms with E-state index in [9.17, 15) is 0 Å². The van der Waals surface area contributed by atoms with E-state index in [4.69, 9.17) is 15.3 Å². The monoisotopic (exact) mass is 269 g/mol. The first-order valence-corrected chi connectivity index (χ1v) is 6.98. The molecule has 20 heavy (non-hydrogen) atoms. The van der Waals surface area contributed by atoms with E-state index >= 15 is 0 Å². The lowest BCUT2D eigenvalue weighted by atomic mass is 9.98. The molecule has 1 heterocycles. The van der Waals surface area contributed by atoms with E-state index in [-0.39, 0.29) is 0 Å². The van der Waals surface area contributed by atoms with Gasteiger partial charge in [-0.3, -0.25) is 4.90 Å². The molecule has 1 fully saturated rings. The van der Waals surface area contributed by atoms with Crippen molar-refractivity contribution < 1.29 is 4.74 Å². The second-order valence-corrected chi connectivity index (χ2v) is 5.20. The van der Waals surface area contributed by atoms with Crippen LogP contribution < -0.4 is 0 Å². The molecule has 1 aromatic rings. The minimum atomic E-state index is 0.540. The molecule has 1 saturated heterocycles. The van der Waals surface area contributed by atoms with Crippen molar-refractivity contribution in [2.24, 2.45) is 5.92 Å². The third kappa shape index (κ3) is 4.35. The average Bonchev–Trinajstić information content (AvgIpc) is 2.50. The van der Waals surface area contributed by atoms with Gasteiger partial charge in [0.15, 0.2) is 0 Å². The van der Waals surface area contributed by atoms with Crippen molar-refractivity contribution in [3.05, 3.63) is 35.4 Å². The highest BCUT2D eigenvalue weighted by Crippen LogP contribution is 2.17. The van der Waals surface area contributed by atoms with Crippen LogP contribution in [0.1, 0.15) is 24.0 Å². The molecular formula is C16H19N3O. The minimum absolute atomic E-state index is 0.540. The van der Waals surface area contributed by atoms with Crippen LogP contribution in [0.25, 0.3) is 0 Å². The molecule has 1 aliphatic heterocycles. The summed E-state index contributed by atoms with van der Waals surface area (Å²) >= 11 is 0. The lowest BCUT2D eigenvalue weighted by Gasteiger charge is -2.29. The lowest BCUT2D eigenvalue weighted by Crippen LogP contribution is -2.35.